The van der Waals surface area contributed by atoms with Gasteiger partial charge < -0.3 is 4.43 Å². The van der Waals surface area contributed by atoms with Crippen molar-refractivity contribution in [1.29, 1.82) is 0 Å². The molecule has 0 unspecified atom stereocenters. The minimum Gasteiger partial charge on any atom is -0.412 e. The molecule has 0 aromatic carbocycles. The Hall–Kier alpha value is -0.163. The Morgan fingerprint density at radius 2 is 2.06 bits per heavy atom. The molecular weight excluding hydrogens is 272 g/mol. The summed E-state index contributed by atoms with van der Waals surface area (Å²) in [6.07, 6.45) is 0.786. The molecule has 1 heterocycles. The maximum absolute atomic E-state index is 10.7. The van der Waals surface area contributed by atoms with E-state index in [-0.39, 0.29) is 5.04 Å². The van der Waals surface area contributed by atoms with Crippen LogP contribution in [0, 0.1) is 0 Å². The van der Waals surface area contributed by atoms with Crippen LogP contribution >= 0.6 is 22.9 Å². The lowest BCUT2D eigenvalue weighted by molar-refractivity contribution is 0.112. The molecule has 0 aliphatic heterocycles. The quantitative estimate of drug-likeness (QED) is 0.591. The van der Waals surface area contributed by atoms with Crippen molar-refractivity contribution < 1.29 is 9.22 Å². The summed E-state index contributed by atoms with van der Waals surface area (Å²) >= 11 is 7.35. The van der Waals surface area contributed by atoms with Gasteiger partial charge in [0.15, 0.2) is 14.6 Å². The Bertz CT molecular complexity index is 407. The summed E-state index contributed by atoms with van der Waals surface area (Å²) in [5.41, 5.74) is 0.561. The lowest BCUT2D eigenvalue weighted by Gasteiger charge is -2.36. The molecule has 96 valence electrons. The van der Waals surface area contributed by atoms with Crippen molar-refractivity contribution in [2.75, 3.05) is 0 Å². The highest BCUT2D eigenvalue weighted by Crippen LogP contribution is 2.37. The predicted octanol–water partition coefficient (Wildman–Crippen LogP) is 4.74. The molecule has 1 rings (SSSR count). The first kappa shape index (κ1) is 14.9. The highest BCUT2D eigenvalue weighted by Gasteiger charge is 2.37. The lowest BCUT2D eigenvalue weighted by Crippen LogP contribution is -2.40. The van der Waals surface area contributed by atoms with Crippen LogP contribution in [0.4, 0.5) is 0 Å². The molecule has 1 aromatic rings. The molecule has 1 aromatic heterocycles. The molecule has 0 N–H and O–H groups in total. The van der Waals surface area contributed by atoms with Crippen LogP contribution in [0.15, 0.2) is 6.07 Å². The van der Waals surface area contributed by atoms with Crippen LogP contribution < -0.4 is 0 Å². The molecule has 2 nitrogen and oxygen atoms in total. The molecule has 0 spiro atoms. The van der Waals surface area contributed by atoms with E-state index in [1.807, 2.05) is 6.07 Å². The molecular formula is C12H19ClO2SSi. The fraction of sp³-hybridized carbons (Fsp3) is 0.583. The van der Waals surface area contributed by atoms with Crippen molar-refractivity contribution in [3.8, 4) is 0 Å². The third-order valence-corrected chi connectivity index (χ3v) is 9.11. The second-order valence-corrected chi connectivity index (χ2v) is 12.2. The Morgan fingerprint density at radius 1 is 1.47 bits per heavy atom. The average Bonchev–Trinajstić information content (AvgIpc) is 2.54. The van der Waals surface area contributed by atoms with Crippen LogP contribution in [-0.2, 0) is 11.0 Å². The van der Waals surface area contributed by atoms with E-state index in [0.717, 1.165) is 11.2 Å². The van der Waals surface area contributed by atoms with Gasteiger partial charge in [0.05, 0.1) is 6.61 Å². The Kier molecular flexibility index (Phi) is 4.58. The molecule has 0 saturated carbocycles. The van der Waals surface area contributed by atoms with Crippen LogP contribution in [0.3, 0.4) is 0 Å². The summed E-state index contributed by atoms with van der Waals surface area (Å²) in [7, 11) is -1.73. The van der Waals surface area contributed by atoms with Crippen molar-refractivity contribution in [2.45, 2.75) is 45.5 Å². The average molecular weight is 291 g/mol. The van der Waals surface area contributed by atoms with Gasteiger partial charge in [-0.05, 0) is 24.2 Å². The fourth-order valence-corrected chi connectivity index (χ4v) is 3.26. The zero-order valence-electron chi connectivity index (χ0n) is 11.0. The van der Waals surface area contributed by atoms with Crippen LogP contribution in [-0.4, -0.2) is 14.6 Å². The summed E-state index contributed by atoms with van der Waals surface area (Å²) in [6, 6.07) is 1.81. The number of aldehydes is 1. The third-order valence-electron chi connectivity index (χ3n) is 3.27. The van der Waals surface area contributed by atoms with Gasteiger partial charge >= 0.3 is 0 Å². The topological polar surface area (TPSA) is 26.3 Å². The van der Waals surface area contributed by atoms with Gasteiger partial charge in [0, 0.05) is 10.4 Å². The van der Waals surface area contributed by atoms with Crippen molar-refractivity contribution in [2.24, 2.45) is 0 Å². The zero-order chi connectivity index (χ0) is 13.3. The monoisotopic (exact) mass is 290 g/mol. The predicted molar refractivity (Wildman–Crippen MR) is 76.7 cm³/mol. The van der Waals surface area contributed by atoms with Gasteiger partial charge in [0.1, 0.15) is 4.34 Å². The van der Waals surface area contributed by atoms with Gasteiger partial charge in [-0.1, -0.05) is 32.4 Å². The first-order valence-electron chi connectivity index (χ1n) is 5.55. The smallest absolute Gasteiger partial charge is 0.192 e. The Morgan fingerprint density at radius 3 is 2.47 bits per heavy atom. The zero-order valence-corrected chi connectivity index (χ0v) is 13.5. The normalized spacial score (nSPS) is 12.8. The van der Waals surface area contributed by atoms with E-state index in [0.29, 0.717) is 16.5 Å². The number of thiophene rings is 1. The van der Waals surface area contributed by atoms with Crippen LogP contribution in [0.5, 0.6) is 0 Å². The largest absolute Gasteiger partial charge is 0.412 e. The van der Waals surface area contributed by atoms with E-state index in [9.17, 15) is 4.79 Å². The second-order valence-electron chi connectivity index (χ2n) is 5.61. The number of hydrogen-bond acceptors (Lipinski definition) is 3. The van der Waals surface area contributed by atoms with E-state index in [2.05, 4.69) is 33.9 Å². The van der Waals surface area contributed by atoms with Gasteiger partial charge in [-0.3, -0.25) is 4.79 Å². The van der Waals surface area contributed by atoms with Crippen molar-refractivity contribution in [3.63, 3.8) is 0 Å². The summed E-state index contributed by atoms with van der Waals surface area (Å²) in [5.74, 6) is 0. The molecule has 0 atom stereocenters. The van der Waals surface area contributed by atoms with Gasteiger partial charge in [-0.15, -0.1) is 11.3 Å². The Balaban J connectivity index is 2.70. The molecule has 5 heteroatoms. The number of hydrogen-bond donors (Lipinski definition) is 0. The maximum Gasteiger partial charge on any atom is 0.192 e. The number of halogens is 1. The number of carbonyl (C=O) groups excluding carboxylic acids is 1. The molecule has 17 heavy (non-hydrogen) atoms. The number of carbonyl (C=O) groups is 1. The number of rotatable bonds is 4. The minimum atomic E-state index is -1.73. The van der Waals surface area contributed by atoms with Crippen molar-refractivity contribution in [1.82, 2.24) is 0 Å². The standard InChI is InChI=1S/C12H19ClO2SSi/c1-12(2,3)17(4,5)15-8-10-6-9(7-14)11(13)16-10/h6-7H,8H2,1-5H3. The Labute approximate surface area is 113 Å². The first-order valence-corrected chi connectivity index (χ1v) is 9.65. The molecule has 0 fully saturated rings. The highest BCUT2D eigenvalue weighted by atomic mass is 35.5. The second kappa shape index (κ2) is 5.22. The van der Waals surface area contributed by atoms with Gasteiger partial charge in [0.2, 0.25) is 0 Å². The third kappa shape index (κ3) is 3.65. The van der Waals surface area contributed by atoms with Gasteiger partial charge in [-0.2, -0.15) is 0 Å². The van der Waals surface area contributed by atoms with E-state index in [1.54, 1.807) is 0 Å². The van der Waals surface area contributed by atoms with Crippen LogP contribution in [0.1, 0.15) is 36.0 Å². The minimum absolute atomic E-state index is 0.196. The summed E-state index contributed by atoms with van der Waals surface area (Å²) < 4.78 is 6.62. The van der Waals surface area contributed by atoms with E-state index < -0.39 is 8.32 Å². The first-order chi connectivity index (χ1) is 7.67. The molecule has 0 aliphatic rings. The van der Waals surface area contributed by atoms with Crippen LogP contribution in [0.2, 0.25) is 22.5 Å². The molecule has 0 aliphatic carbocycles. The summed E-state index contributed by atoms with van der Waals surface area (Å²) in [6.45, 7) is 11.6. The summed E-state index contributed by atoms with van der Waals surface area (Å²) in [5, 5.41) is 0.196. The van der Waals surface area contributed by atoms with E-state index in [1.165, 1.54) is 11.3 Å². The van der Waals surface area contributed by atoms with E-state index >= 15 is 0 Å². The van der Waals surface area contributed by atoms with Crippen molar-refractivity contribution in [3.05, 3.63) is 20.8 Å². The fourth-order valence-electron chi connectivity index (χ4n) is 1.05. The molecule has 0 bridgehead atoms. The van der Waals surface area contributed by atoms with Gasteiger partial charge in [-0.25, -0.2) is 0 Å². The van der Waals surface area contributed by atoms with Crippen LogP contribution in [0.25, 0.3) is 0 Å². The molecule has 0 radical (unpaired) electrons. The van der Waals surface area contributed by atoms with E-state index in [4.69, 9.17) is 16.0 Å². The van der Waals surface area contributed by atoms with Crippen molar-refractivity contribution >= 4 is 37.5 Å². The molecule has 0 amide bonds. The molecule has 0 saturated heterocycles. The highest BCUT2D eigenvalue weighted by molar-refractivity contribution is 7.16. The van der Waals surface area contributed by atoms with Gasteiger partial charge in [0.25, 0.3) is 0 Å². The summed E-state index contributed by atoms with van der Waals surface area (Å²) in [4.78, 5) is 11.7. The maximum atomic E-state index is 10.7. The SMILES string of the molecule is CC(C)(C)[Si](C)(C)OCc1cc(C=O)c(Cl)s1. The lowest BCUT2D eigenvalue weighted by atomic mass is 10.2.